The van der Waals surface area contributed by atoms with Crippen molar-refractivity contribution in [1.82, 2.24) is 0 Å². The summed E-state index contributed by atoms with van der Waals surface area (Å²) >= 11 is 0. The van der Waals surface area contributed by atoms with Gasteiger partial charge in [0.05, 0.1) is 0 Å². The average molecular weight is 268 g/mol. The molecule has 0 aliphatic heterocycles. The topological polar surface area (TPSA) is 17.1 Å². The van der Waals surface area contributed by atoms with E-state index in [-0.39, 0.29) is 11.7 Å². The molecule has 1 aromatic carbocycles. The second-order valence-corrected chi connectivity index (χ2v) is 5.66. The number of hydrogen-bond acceptors (Lipinski definition) is 1. The Bertz CT molecular complexity index is 522. The molecule has 0 spiro atoms. The molecule has 20 heavy (non-hydrogen) atoms. The molecule has 0 saturated heterocycles. The first-order chi connectivity index (χ1) is 9.66. The van der Waals surface area contributed by atoms with Crippen molar-refractivity contribution < 1.29 is 4.79 Å². The highest BCUT2D eigenvalue weighted by atomic mass is 16.1. The zero-order valence-electron chi connectivity index (χ0n) is 12.6. The molecule has 0 radical (unpaired) electrons. The molecule has 1 aromatic rings. The lowest BCUT2D eigenvalue weighted by Gasteiger charge is -2.11. The van der Waals surface area contributed by atoms with Crippen LogP contribution in [0.25, 0.3) is 5.57 Å². The Morgan fingerprint density at radius 2 is 1.80 bits per heavy atom. The van der Waals surface area contributed by atoms with Gasteiger partial charge in [-0.25, -0.2) is 0 Å². The highest BCUT2D eigenvalue weighted by Gasteiger charge is 2.34. The maximum atomic E-state index is 12.7. The summed E-state index contributed by atoms with van der Waals surface area (Å²) in [5, 5.41) is 0. The van der Waals surface area contributed by atoms with E-state index in [0.717, 1.165) is 35.1 Å². The second-order valence-electron chi connectivity index (χ2n) is 5.66. The Morgan fingerprint density at radius 3 is 2.45 bits per heavy atom. The molecular weight excluding hydrogens is 244 g/mol. The minimum atomic E-state index is 0.0158. The SMILES string of the molecule is C=C1C(C)=C(c2ccccc2)C(=O)C1CCCCCC. The Hall–Kier alpha value is -1.63. The number of carbonyl (C=O) groups excluding carboxylic acids is 1. The van der Waals surface area contributed by atoms with Crippen molar-refractivity contribution in [1.29, 1.82) is 0 Å². The number of benzene rings is 1. The maximum Gasteiger partial charge on any atom is 0.171 e. The lowest BCUT2D eigenvalue weighted by Crippen LogP contribution is -2.11. The van der Waals surface area contributed by atoms with E-state index in [2.05, 4.69) is 13.5 Å². The van der Waals surface area contributed by atoms with Crippen LogP contribution in [-0.2, 0) is 4.79 Å². The number of allylic oxidation sites excluding steroid dienone is 3. The summed E-state index contributed by atoms with van der Waals surface area (Å²) < 4.78 is 0. The predicted molar refractivity (Wildman–Crippen MR) is 85.4 cm³/mol. The summed E-state index contributed by atoms with van der Waals surface area (Å²) in [5.41, 5.74) is 4.04. The van der Waals surface area contributed by atoms with Gasteiger partial charge >= 0.3 is 0 Å². The number of unbranched alkanes of at least 4 members (excludes halogenated alkanes) is 3. The van der Waals surface area contributed by atoms with E-state index in [1.807, 2.05) is 37.3 Å². The Kier molecular flexibility index (Phi) is 4.94. The van der Waals surface area contributed by atoms with Crippen molar-refractivity contribution in [2.24, 2.45) is 5.92 Å². The normalized spacial score (nSPS) is 19.0. The van der Waals surface area contributed by atoms with Crippen molar-refractivity contribution in [2.45, 2.75) is 46.0 Å². The second kappa shape index (κ2) is 6.69. The molecule has 0 bridgehead atoms. The van der Waals surface area contributed by atoms with Crippen LogP contribution in [0.5, 0.6) is 0 Å². The van der Waals surface area contributed by atoms with Crippen LogP contribution < -0.4 is 0 Å². The summed E-state index contributed by atoms with van der Waals surface area (Å²) in [6.07, 6.45) is 5.77. The number of carbonyl (C=O) groups is 1. The highest BCUT2D eigenvalue weighted by molar-refractivity contribution is 6.27. The van der Waals surface area contributed by atoms with Crippen molar-refractivity contribution in [3.05, 3.63) is 53.6 Å². The minimum absolute atomic E-state index is 0.0158. The van der Waals surface area contributed by atoms with Gasteiger partial charge in [-0.1, -0.05) is 69.5 Å². The van der Waals surface area contributed by atoms with Gasteiger partial charge in [-0.2, -0.15) is 0 Å². The summed E-state index contributed by atoms with van der Waals surface area (Å²) in [6.45, 7) is 8.41. The van der Waals surface area contributed by atoms with Crippen molar-refractivity contribution in [2.75, 3.05) is 0 Å². The zero-order chi connectivity index (χ0) is 14.5. The third-order valence-corrected chi connectivity index (χ3v) is 4.25. The molecule has 1 aliphatic rings. The van der Waals surface area contributed by atoms with Gasteiger partial charge in [0, 0.05) is 11.5 Å². The molecule has 0 N–H and O–H groups in total. The molecule has 0 saturated carbocycles. The molecule has 0 heterocycles. The summed E-state index contributed by atoms with van der Waals surface area (Å²) in [6, 6.07) is 9.99. The molecule has 1 unspecified atom stereocenters. The highest BCUT2D eigenvalue weighted by Crippen LogP contribution is 2.40. The fraction of sp³-hybridized carbons (Fsp3) is 0.421. The van der Waals surface area contributed by atoms with Crippen LogP contribution in [0.15, 0.2) is 48.1 Å². The zero-order valence-corrected chi connectivity index (χ0v) is 12.6. The lowest BCUT2D eigenvalue weighted by atomic mass is 9.92. The number of Topliss-reactive ketones (excluding diaryl/α,β-unsaturated/α-hetero) is 1. The van der Waals surface area contributed by atoms with Gasteiger partial charge in [-0.3, -0.25) is 4.79 Å². The van der Waals surface area contributed by atoms with Crippen LogP contribution in [0.3, 0.4) is 0 Å². The molecule has 1 heteroatoms. The van der Waals surface area contributed by atoms with E-state index in [4.69, 9.17) is 0 Å². The monoisotopic (exact) mass is 268 g/mol. The molecule has 1 atom stereocenters. The van der Waals surface area contributed by atoms with Gasteiger partial charge in [0.2, 0.25) is 0 Å². The smallest absolute Gasteiger partial charge is 0.171 e. The molecule has 0 aromatic heterocycles. The van der Waals surface area contributed by atoms with Gasteiger partial charge in [0.1, 0.15) is 0 Å². The van der Waals surface area contributed by atoms with Gasteiger partial charge in [0.15, 0.2) is 5.78 Å². The maximum absolute atomic E-state index is 12.7. The van der Waals surface area contributed by atoms with Crippen molar-refractivity contribution >= 4 is 11.4 Å². The molecule has 0 fully saturated rings. The Morgan fingerprint density at radius 1 is 1.10 bits per heavy atom. The lowest BCUT2D eigenvalue weighted by molar-refractivity contribution is -0.115. The molecule has 106 valence electrons. The van der Waals surface area contributed by atoms with E-state index >= 15 is 0 Å². The number of hydrogen-bond donors (Lipinski definition) is 0. The first kappa shape index (κ1) is 14.8. The van der Waals surface area contributed by atoms with Gasteiger partial charge in [0.25, 0.3) is 0 Å². The molecule has 1 nitrogen and oxygen atoms in total. The summed E-state index contributed by atoms with van der Waals surface area (Å²) in [7, 11) is 0. The molecule has 2 rings (SSSR count). The van der Waals surface area contributed by atoms with Crippen LogP contribution >= 0.6 is 0 Å². The molecule has 0 amide bonds. The van der Waals surface area contributed by atoms with Gasteiger partial charge in [-0.05, 0) is 30.1 Å². The van der Waals surface area contributed by atoms with E-state index < -0.39 is 0 Å². The fourth-order valence-electron chi connectivity index (χ4n) is 2.98. The summed E-state index contributed by atoms with van der Waals surface area (Å²) in [4.78, 5) is 12.7. The van der Waals surface area contributed by atoms with E-state index in [0.29, 0.717) is 0 Å². The van der Waals surface area contributed by atoms with Crippen molar-refractivity contribution in [3.8, 4) is 0 Å². The number of rotatable bonds is 6. The van der Waals surface area contributed by atoms with Gasteiger partial charge < -0.3 is 0 Å². The van der Waals surface area contributed by atoms with E-state index in [1.54, 1.807) is 0 Å². The third-order valence-electron chi connectivity index (χ3n) is 4.25. The van der Waals surface area contributed by atoms with Crippen LogP contribution in [0.1, 0.15) is 51.5 Å². The predicted octanol–water partition coefficient (Wildman–Crippen LogP) is 5.19. The minimum Gasteiger partial charge on any atom is -0.293 e. The molecular formula is C19H24O. The van der Waals surface area contributed by atoms with Gasteiger partial charge in [-0.15, -0.1) is 0 Å². The van der Waals surface area contributed by atoms with Crippen LogP contribution in [-0.4, -0.2) is 5.78 Å². The first-order valence-corrected chi connectivity index (χ1v) is 7.66. The Balaban J connectivity index is 2.12. The van der Waals surface area contributed by atoms with Crippen LogP contribution in [0, 0.1) is 5.92 Å². The fourth-order valence-corrected chi connectivity index (χ4v) is 2.98. The Labute approximate surface area is 122 Å². The average Bonchev–Trinajstić information content (AvgIpc) is 2.67. The summed E-state index contributed by atoms with van der Waals surface area (Å²) in [5.74, 6) is 0.289. The van der Waals surface area contributed by atoms with E-state index in [9.17, 15) is 4.79 Å². The van der Waals surface area contributed by atoms with E-state index in [1.165, 1.54) is 19.3 Å². The number of ketones is 1. The van der Waals surface area contributed by atoms with Crippen molar-refractivity contribution in [3.63, 3.8) is 0 Å². The standard InChI is InChI=1S/C19H24O/c1-4-5-6-10-13-17-14(2)15(3)18(19(17)20)16-11-8-7-9-12-16/h7-9,11-12,17H,2,4-6,10,13H2,1,3H3. The van der Waals surface area contributed by atoms with Crippen LogP contribution in [0.4, 0.5) is 0 Å². The molecule has 1 aliphatic carbocycles. The largest absolute Gasteiger partial charge is 0.293 e. The quantitative estimate of drug-likeness (QED) is 0.649. The van der Waals surface area contributed by atoms with Crippen LogP contribution in [0.2, 0.25) is 0 Å². The first-order valence-electron chi connectivity index (χ1n) is 7.66. The third kappa shape index (κ3) is 2.92.